The van der Waals surface area contributed by atoms with Crippen molar-refractivity contribution in [3.63, 3.8) is 0 Å². The number of carbonyl (C=O) groups is 1. The zero-order chi connectivity index (χ0) is 17.3. The topological polar surface area (TPSA) is 46.1 Å². The number of hydrogen-bond acceptors (Lipinski definition) is 5. The van der Waals surface area contributed by atoms with E-state index in [0.717, 1.165) is 15.6 Å². The maximum Gasteiger partial charge on any atom is 0.253 e. The Morgan fingerprint density at radius 2 is 1.88 bits per heavy atom. The molecule has 124 valence electrons. The molecule has 0 fully saturated rings. The number of thioether (sulfide) groups is 1. The molecule has 0 unspecified atom stereocenters. The molecule has 0 saturated carbocycles. The summed E-state index contributed by atoms with van der Waals surface area (Å²) in [6, 6.07) is 7.78. The molecule has 0 saturated heterocycles. The predicted molar refractivity (Wildman–Crippen MR) is 101 cm³/mol. The van der Waals surface area contributed by atoms with E-state index in [2.05, 4.69) is 23.8 Å². The molecule has 1 aromatic carbocycles. The number of benzene rings is 1. The smallest absolute Gasteiger partial charge is 0.253 e. The lowest BCUT2D eigenvalue weighted by atomic mass is 10.1. The van der Waals surface area contributed by atoms with Crippen LogP contribution >= 0.6 is 23.1 Å². The van der Waals surface area contributed by atoms with Gasteiger partial charge in [-0.15, -0.1) is 23.1 Å². The zero-order valence-electron chi connectivity index (χ0n) is 14.2. The number of amides is 1. The molecule has 2 aromatic heterocycles. The molecule has 0 atom stereocenters. The Labute approximate surface area is 149 Å². The Bertz CT molecular complexity index is 885. The monoisotopic (exact) mass is 357 g/mol. The molecular formula is C18H19N3OS2. The fourth-order valence-corrected chi connectivity index (χ4v) is 4.49. The van der Waals surface area contributed by atoms with Gasteiger partial charge in [-0.05, 0) is 37.1 Å². The van der Waals surface area contributed by atoms with Gasteiger partial charge >= 0.3 is 0 Å². The molecule has 3 aromatic rings. The van der Waals surface area contributed by atoms with E-state index in [1.807, 2.05) is 24.3 Å². The molecule has 0 aliphatic rings. The maximum atomic E-state index is 11.9. The molecule has 2 heterocycles. The lowest BCUT2D eigenvalue weighted by Gasteiger charge is -2.10. The molecule has 0 spiro atoms. The van der Waals surface area contributed by atoms with Crippen molar-refractivity contribution < 1.29 is 4.79 Å². The first-order chi connectivity index (χ1) is 11.5. The minimum Gasteiger partial charge on any atom is -0.345 e. The van der Waals surface area contributed by atoms with Gasteiger partial charge in [0, 0.05) is 35.7 Å². The zero-order valence-corrected chi connectivity index (χ0v) is 15.8. The van der Waals surface area contributed by atoms with Gasteiger partial charge in [-0.1, -0.05) is 12.1 Å². The van der Waals surface area contributed by atoms with Crippen LogP contribution in [0, 0.1) is 13.8 Å². The van der Waals surface area contributed by atoms with Crippen LogP contribution in [0.15, 0.2) is 35.6 Å². The number of fused-ring (bicyclic) bond motifs is 1. The fourth-order valence-electron chi connectivity index (χ4n) is 2.41. The van der Waals surface area contributed by atoms with Gasteiger partial charge < -0.3 is 4.90 Å². The molecule has 6 heteroatoms. The third kappa shape index (κ3) is 3.30. The van der Waals surface area contributed by atoms with Crippen molar-refractivity contribution in [2.45, 2.75) is 24.6 Å². The Kier molecular flexibility index (Phi) is 4.87. The van der Waals surface area contributed by atoms with Crippen LogP contribution in [0.3, 0.4) is 0 Å². The molecule has 24 heavy (non-hydrogen) atoms. The highest BCUT2D eigenvalue weighted by Crippen LogP contribution is 2.35. The van der Waals surface area contributed by atoms with Crippen molar-refractivity contribution >= 4 is 39.2 Å². The summed E-state index contributed by atoms with van der Waals surface area (Å²) in [6.45, 7) is 4.25. The van der Waals surface area contributed by atoms with Crippen LogP contribution in [-0.2, 0) is 5.75 Å². The number of aromatic nitrogens is 2. The highest BCUT2D eigenvalue weighted by atomic mass is 32.2. The van der Waals surface area contributed by atoms with Crippen LogP contribution in [0.25, 0.3) is 10.2 Å². The first kappa shape index (κ1) is 16.9. The van der Waals surface area contributed by atoms with Gasteiger partial charge in [0.25, 0.3) is 5.91 Å². The van der Waals surface area contributed by atoms with Gasteiger partial charge in [0.05, 0.1) is 0 Å². The van der Waals surface area contributed by atoms with Gasteiger partial charge in [-0.25, -0.2) is 9.97 Å². The Morgan fingerprint density at radius 3 is 2.54 bits per heavy atom. The largest absolute Gasteiger partial charge is 0.345 e. The van der Waals surface area contributed by atoms with E-state index in [9.17, 15) is 4.79 Å². The van der Waals surface area contributed by atoms with E-state index in [1.165, 1.54) is 21.4 Å². The van der Waals surface area contributed by atoms with Crippen LogP contribution < -0.4 is 0 Å². The summed E-state index contributed by atoms with van der Waals surface area (Å²) in [4.78, 5) is 24.7. The molecule has 0 radical (unpaired) electrons. The predicted octanol–water partition coefficient (Wildman–Crippen LogP) is 4.30. The molecule has 0 aliphatic heterocycles. The highest BCUT2D eigenvalue weighted by molar-refractivity contribution is 7.98. The van der Waals surface area contributed by atoms with Gasteiger partial charge in [0.15, 0.2) is 0 Å². The molecule has 0 aliphatic carbocycles. The molecule has 4 nitrogen and oxygen atoms in total. The summed E-state index contributed by atoms with van der Waals surface area (Å²) in [5.74, 6) is 0.841. The SMILES string of the molecule is Cc1sc2ncnc(SCc3ccc(C(=O)N(C)C)cc3)c2c1C. The fraction of sp³-hybridized carbons (Fsp3) is 0.278. The van der Waals surface area contributed by atoms with Crippen LogP contribution in [0.4, 0.5) is 0 Å². The number of thiophene rings is 1. The number of hydrogen-bond donors (Lipinski definition) is 0. The van der Waals surface area contributed by atoms with Crippen molar-refractivity contribution in [2.24, 2.45) is 0 Å². The Hall–Kier alpha value is -1.92. The molecule has 0 N–H and O–H groups in total. The maximum absolute atomic E-state index is 11.9. The first-order valence-electron chi connectivity index (χ1n) is 7.61. The van der Waals surface area contributed by atoms with E-state index in [1.54, 1.807) is 48.4 Å². The summed E-state index contributed by atoms with van der Waals surface area (Å²) in [5.41, 5.74) is 3.15. The minimum absolute atomic E-state index is 0.0242. The standard InChI is InChI=1S/C18H19N3OS2/c1-11-12(2)24-17-15(11)16(19-10-20-17)23-9-13-5-7-14(8-6-13)18(22)21(3)4/h5-8,10H,9H2,1-4H3. The van der Waals surface area contributed by atoms with E-state index < -0.39 is 0 Å². The lowest BCUT2D eigenvalue weighted by Crippen LogP contribution is -2.21. The van der Waals surface area contributed by atoms with Crippen LogP contribution in [0.1, 0.15) is 26.4 Å². The van der Waals surface area contributed by atoms with Crippen LogP contribution in [-0.4, -0.2) is 34.9 Å². The average molecular weight is 358 g/mol. The Balaban J connectivity index is 1.78. The van der Waals surface area contributed by atoms with Crippen molar-refractivity contribution in [1.82, 2.24) is 14.9 Å². The average Bonchev–Trinajstić information content (AvgIpc) is 2.88. The molecule has 3 rings (SSSR count). The van der Waals surface area contributed by atoms with E-state index in [-0.39, 0.29) is 5.91 Å². The highest BCUT2D eigenvalue weighted by Gasteiger charge is 2.13. The quantitative estimate of drug-likeness (QED) is 0.516. The molecule has 0 bridgehead atoms. The lowest BCUT2D eigenvalue weighted by molar-refractivity contribution is 0.0827. The summed E-state index contributed by atoms with van der Waals surface area (Å²) < 4.78 is 0. The number of nitrogens with zero attached hydrogens (tertiary/aromatic N) is 3. The van der Waals surface area contributed by atoms with Gasteiger partial charge in [-0.2, -0.15) is 0 Å². The first-order valence-corrected chi connectivity index (χ1v) is 9.41. The third-order valence-electron chi connectivity index (χ3n) is 3.91. The van der Waals surface area contributed by atoms with Gasteiger partial charge in [0.1, 0.15) is 16.2 Å². The second kappa shape index (κ2) is 6.91. The second-order valence-electron chi connectivity index (χ2n) is 5.83. The van der Waals surface area contributed by atoms with Crippen molar-refractivity contribution in [1.29, 1.82) is 0 Å². The Morgan fingerprint density at radius 1 is 1.17 bits per heavy atom. The normalized spacial score (nSPS) is 11.0. The van der Waals surface area contributed by atoms with E-state index >= 15 is 0 Å². The van der Waals surface area contributed by atoms with E-state index in [4.69, 9.17) is 0 Å². The number of rotatable bonds is 4. The van der Waals surface area contributed by atoms with E-state index in [0.29, 0.717) is 5.56 Å². The number of carbonyl (C=O) groups excluding carboxylic acids is 1. The minimum atomic E-state index is 0.0242. The molecule has 1 amide bonds. The summed E-state index contributed by atoms with van der Waals surface area (Å²) in [6.07, 6.45) is 1.64. The second-order valence-corrected chi connectivity index (χ2v) is 7.99. The van der Waals surface area contributed by atoms with Gasteiger partial charge in [-0.3, -0.25) is 4.79 Å². The summed E-state index contributed by atoms with van der Waals surface area (Å²) >= 11 is 3.43. The van der Waals surface area contributed by atoms with Crippen molar-refractivity contribution in [2.75, 3.05) is 14.1 Å². The van der Waals surface area contributed by atoms with Crippen LogP contribution in [0.2, 0.25) is 0 Å². The summed E-state index contributed by atoms with van der Waals surface area (Å²) in [5, 5.41) is 2.19. The van der Waals surface area contributed by atoms with Gasteiger partial charge in [0.2, 0.25) is 0 Å². The molecular weight excluding hydrogens is 338 g/mol. The third-order valence-corrected chi connectivity index (χ3v) is 6.09. The van der Waals surface area contributed by atoms with Crippen LogP contribution in [0.5, 0.6) is 0 Å². The van der Waals surface area contributed by atoms with Crippen molar-refractivity contribution in [3.05, 3.63) is 52.2 Å². The number of aryl methyl sites for hydroxylation is 2. The van der Waals surface area contributed by atoms with Crippen molar-refractivity contribution in [3.8, 4) is 0 Å². The summed E-state index contributed by atoms with van der Waals surface area (Å²) in [7, 11) is 3.52.